The summed E-state index contributed by atoms with van der Waals surface area (Å²) in [5.41, 5.74) is 2.44. The van der Waals surface area contributed by atoms with E-state index in [9.17, 15) is 4.39 Å². The molecule has 2 heteroatoms. The van der Waals surface area contributed by atoms with Gasteiger partial charge in [0.2, 0.25) is 0 Å². The summed E-state index contributed by atoms with van der Waals surface area (Å²) in [6.07, 6.45) is 1.79. The molecule has 1 N–H and O–H groups in total. The maximum Gasteiger partial charge on any atom is 0.132 e. The number of aromatic nitrogens is 1. The molecule has 1 nitrogen and oxygen atoms in total. The van der Waals surface area contributed by atoms with Crippen LogP contribution in [0.1, 0.15) is 5.56 Å². The van der Waals surface area contributed by atoms with Gasteiger partial charge < -0.3 is 4.98 Å². The van der Waals surface area contributed by atoms with Crippen LogP contribution >= 0.6 is 0 Å². The molecule has 1 aromatic carbocycles. The molecule has 13 heavy (non-hydrogen) atoms. The second-order valence-corrected chi connectivity index (χ2v) is 3.02. The highest BCUT2D eigenvalue weighted by molar-refractivity contribution is 5.64. The normalized spacial score (nSPS) is 10.3. The van der Waals surface area contributed by atoms with E-state index in [4.69, 9.17) is 0 Å². The van der Waals surface area contributed by atoms with Gasteiger partial charge in [0.15, 0.2) is 0 Å². The van der Waals surface area contributed by atoms with Crippen molar-refractivity contribution in [2.24, 2.45) is 0 Å². The third-order valence-electron chi connectivity index (χ3n) is 2.09. The Morgan fingerprint density at radius 3 is 2.62 bits per heavy atom. The minimum atomic E-state index is -0.178. The first kappa shape index (κ1) is 8.05. The molecule has 2 rings (SSSR count). The summed E-state index contributed by atoms with van der Waals surface area (Å²) in [6, 6.07) is 8.83. The molecule has 1 heterocycles. The number of aryl methyl sites for hydroxylation is 1. The summed E-state index contributed by atoms with van der Waals surface area (Å²) >= 11 is 0. The van der Waals surface area contributed by atoms with Crippen LogP contribution in [0, 0.1) is 12.7 Å². The maximum absolute atomic E-state index is 13.4. The number of halogens is 1. The van der Waals surface area contributed by atoms with Crippen LogP contribution in [0.15, 0.2) is 36.5 Å². The number of hydrogen-bond donors (Lipinski definition) is 1. The van der Waals surface area contributed by atoms with Crippen LogP contribution in [0.2, 0.25) is 0 Å². The van der Waals surface area contributed by atoms with E-state index in [1.807, 2.05) is 25.1 Å². The predicted octanol–water partition coefficient (Wildman–Crippen LogP) is 3.13. The van der Waals surface area contributed by atoms with Gasteiger partial charge in [0, 0.05) is 17.5 Å². The number of rotatable bonds is 1. The number of aromatic amines is 1. The van der Waals surface area contributed by atoms with Gasteiger partial charge in [-0.25, -0.2) is 4.39 Å². The maximum atomic E-state index is 13.4. The highest BCUT2D eigenvalue weighted by Gasteiger charge is 2.07. The van der Waals surface area contributed by atoms with Crippen molar-refractivity contribution in [1.29, 1.82) is 0 Å². The monoisotopic (exact) mass is 175 g/mol. The lowest BCUT2D eigenvalue weighted by Gasteiger charge is -2.04. The van der Waals surface area contributed by atoms with Gasteiger partial charge in [-0.2, -0.15) is 0 Å². The molecule has 0 saturated heterocycles. The fraction of sp³-hybridized carbons (Fsp3) is 0.0909. The molecule has 66 valence electrons. The van der Waals surface area contributed by atoms with Crippen LogP contribution in [0.5, 0.6) is 0 Å². The van der Waals surface area contributed by atoms with Gasteiger partial charge in [0.1, 0.15) is 5.82 Å². The van der Waals surface area contributed by atoms with E-state index < -0.39 is 0 Å². The Bertz CT molecular complexity index is 384. The average Bonchev–Trinajstić information content (AvgIpc) is 2.57. The van der Waals surface area contributed by atoms with Crippen LogP contribution < -0.4 is 0 Å². The second kappa shape index (κ2) is 3.05. The highest BCUT2D eigenvalue weighted by atomic mass is 19.1. The number of nitrogens with one attached hydrogen (secondary N) is 1. The van der Waals surface area contributed by atoms with Crippen molar-refractivity contribution in [1.82, 2.24) is 4.98 Å². The van der Waals surface area contributed by atoms with E-state index in [1.165, 1.54) is 6.07 Å². The van der Waals surface area contributed by atoms with Crippen LogP contribution in [0.4, 0.5) is 4.39 Å². The van der Waals surface area contributed by atoms with Gasteiger partial charge in [-0.3, -0.25) is 0 Å². The minimum absolute atomic E-state index is 0.178. The Balaban J connectivity index is 2.64. The molecule has 0 radical (unpaired) electrons. The quantitative estimate of drug-likeness (QED) is 0.685. The molecule has 0 atom stereocenters. The Hall–Kier alpha value is -1.57. The largest absolute Gasteiger partial charge is 0.361 e. The molecular weight excluding hydrogens is 165 g/mol. The SMILES string of the molecule is Cc1cccc(F)c1-c1ccc[nH]1. The van der Waals surface area contributed by atoms with Crippen LogP contribution in [-0.4, -0.2) is 4.98 Å². The zero-order valence-corrected chi connectivity index (χ0v) is 7.34. The molecule has 0 unspecified atom stereocenters. The first-order valence-electron chi connectivity index (χ1n) is 4.18. The molecule has 0 aliphatic carbocycles. The third kappa shape index (κ3) is 1.35. The van der Waals surface area contributed by atoms with Crippen molar-refractivity contribution < 1.29 is 4.39 Å². The van der Waals surface area contributed by atoms with E-state index in [-0.39, 0.29) is 5.82 Å². The Kier molecular flexibility index (Phi) is 1.89. The van der Waals surface area contributed by atoms with Crippen LogP contribution in [0.25, 0.3) is 11.3 Å². The molecule has 2 aromatic rings. The number of hydrogen-bond acceptors (Lipinski definition) is 0. The Labute approximate surface area is 76.2 Å². The van der Waals surface area contributed by atoms with Gasteiger partial charge in [0.05, 0.1) is 0 Å². The molecular formula is C11H10FN. The smallest absolute Gasteiger partial charge is 0.132 e. The van der Waals surface area contributed by atoms with Crippen molar-refractivity contribution in [3.05, 3.63) is 47.9 Å². The van der Waals surface area contributed by atoms with Crippen LogP contribution in [0.3, 0.4) is 0 Å². The summed E-state index contributed by atoms with van der Waals surface area (Å²) in [5.74, 6) is -0.178. The van der Waals surface area contributed by atoms with E-state index in [1.54, 1.807) is 12.3 Å². The van der Waals surface area contributed by atoms with Crippen molar-refractivity contribution in [2.75, 3.05) is 0 Å². The van der Waals surface area contributed by atoms with E-state index >= 15 is 0 Å². The number of H-pyrrole nitrogens is 1. The molecule has 0 aliphatic heterocycles. The first-order chi connectivity index (χ1) is 6.29. The zero-order valence-electron chi connectivity index (χ0n) is 7.34. The van der Waals surface area contributed by atoms with Crippen molar-refractivity contribution >= 4 is 0 Å². The lowest BCUT2D eigenvalue weighted by molar-refractivity contribution is 0.630. The molecule has 1 aromatic heterocycles. The van der Waals surface area contributed by atoms with Gasteiger partial charge in [-0.15, -0.1) is 0 Å². The predicted molar refractivity (Wildman–Crippen MR) is 50.9 cm³/mol. The van der Waals surface area contributed by atoms with Gasteiger partial charge in [0.25, 0.3) is 0 Å². The molecule has 0 fully saturated rings. The zero-order chi connectivity index (χ0) is 9.26. The standard InChI is InChI=1S/C11H10FN/c1-8-4-2-5-9(12)11(8)10-6-3-7-13-10/h2-7,13H,1H3. The van der Waals surface area contributed by atoms with Crippen molar-refractivity contribution in [2.45, 2.75) is 6.92 Å². The third-order valence-corrected chi connectivity index (χ3v) is 2.09. The molecule has 0 saturated carbocycles. The molecule has 0 spiro atoms. The van der Waals surface area contributed by atoms with Gasteiger partial charge in [-0.05, 0) is 30.7 Å². The molecule has 0 amide bonds. The lowest BCUT2D eigenvalue weighted by Crippen LogP contribution is -1.87. The summed E-state index contributed by atoms with van der Waals surface area (Å²) < 4.78 is 13.4. The highest BCUT2D eigenvalue weighted by Crippen LogP contribution is 2.24. The van der Waals surface area contributed by atoms with Gasteiger partial charge in [-0.1, -0.05) is 12.1 Å². The fourth-order valence-electron chi connectivity index (χ4n) is 1.46. The Morgan fingerprint density at radius 1 is 1.15 bits per heavy atom. The Morgan fingerprint density at radius 2 is 2.00 bits per heavy atom. The van der Waals surface area contributed by atoms with Gasteiger partial charge >= 0.3 is 0 Å². The van der Waals surface area contributed by atoms with E-state index in [0.29, 0.717) is 5.56 Å². The topological polar surface area (TPSA) is 15.8 Å². The van der Waals surface area contributed by atoms with E-state index in [0.717, 1.165) is 11.3 Å². The summed E-state index contributed by atoms with van der Waals surface area (Å²) in [4.78, 5) is 3.00. The fourth-order valence-corrected chi connectivity index (χ4v) is 1.46. The lowest BCUT2D eigenvalue weighted by atomic mass is 10.1. The first-order valence-corrected chi connectivity index (χ1v) is 4.18. The van der Waals surface area contributed by atoms with Crippen molar-refractivity contribution in [3.63, 3.8) is 0 Å². The molecule has 0 aliphatic rings. The number of benzene rings is 1. The van der Waals surface area contributed by atoms with Crippen LogP contribution in [-0.2, 0) is 0 Å². The van der Waals surface area contributed by atoms with Crippen molar-refractivity contribution in [3.8, 4) is 11.3 Å². The summed E-state index contributed by atoms with van der Waals surface area (Å²) in [6.45, 7) is 1.90. The summed E-state index contributed by atoms with van der Waals surface area (Å²) in [5, 5.41) is 0. The molecule has 0 bridgehead atoms. The van der Waals surface area contributed by atoms with E-state index in [2.05, 4.69) is 4.98 Å². The summed E-state index contributed by atoms with van der Waals surface area (Å²) in [7, 11) is 0. The minimum Gasteiger partial charge on any atom is -0.361 e. The average molecular weight is 175 g/mol. The second-order valence-electron chi connectivity index (χ2n) is 3.02.